The molecule has 2 aliphatic heterocycles. The molecule has 0 spiro atoms. The van der Waals surface area contributed by atoms with Crippen LogP contribution in [0.4, 0.5) is 5.82 Å². The van der Waals surface area contributed by atoms with Crippen LogP contribution in [0.25, 0.3) is 0 Å². The molecule has 2 amide bonds. The van der Waals surface area contributed by atoms with E-state index in [2.05, 4.69) is 15.3 Å². The quantitative estimate of drug-likeness (QED) is 0.827. The first kappa shape index (κ1) is 18.4. The summed E-state index contributed by atoms with van der Waals surface area (Å²) >= 11 is 0. The Labute approximate surface area is 162 Å². The smallest absolute Gasteiger partial charge is 0.289 e. The van der Waals surface area contributed by atoms with Gasteiger partial charge in [0, 0.05) is 39.3 Å². The van der Waals surface area contributed by atoms with Gasteiger partial charge in [-0.3, -0.25) is 9.59 Å². The highest BCUT2D eigenvalue weighted by molar-refractivity contribution is 5.93. The molecular formula is C19H23N5O4. The van der Waals surface area contributed by atoms with Crippen LogP contribution in [0.15, 0.2) is 35.2 Å². The molecule has 148 valence electrons. The van der Waals surface area contributed by atoms with Crippen molar-refractivity contribution in [1.82, 2.24) is 19.8 Å². The minimum atomic E-state index is -0.178. The van der Waals surface area contributed by atoms with Crippen LogP contribution in [0.2, 0.25) is 0 Å². The van der Waals surface area contributed by atoms with E-state index in [1.807, 2.05) is 0 Å². The number of piperazine rings is 1. The molecule has 2 aliphatic rings. The maximum absolute atomic E-state index is 12.6. The lowest BCUT2D eigenvalue weighted by molar-refractivity contribution is 0.0515. The van der Waals surface area contributed by atoms with Gasteiger partial charge in [0.15, 0.2) is 5.76 Å². The highest BCUT2D eigenvalue weighted by atomic mass is 16.5. The molecule has 0 saturated carbocycles. The van der Waals surface area contributed by atoms with Gasteiger partial charge in [0.25, 0.3) is 11.8 Å². The van der Waals surface area contributed by atoms with Gasteiger partial charge in [0.05, 0.1) is 24.8 Å². The second kappa shape index (κ2) is 8.39. The highest BCUT2D eigenvalue weighted by Crippen LogP contribution is 2.14. The van der Waals surface area contributed by atoms with Crippen LogP contribution in [0.1, 0.15) is 33.9 Å². The molecule has 4 rings (SSSR count). The van der Waals surface area contributed by atoms with Gasteiger partial charge in [-0.2, -0.15) is 0 Å². The standard InChI is InChI=1S/C19H23N5O4/c25-18(15-12-22-17(13-20-15)21-11-14-3-1-9-27-14)23-5-7-24(8-6-23)19(26)16-4-2-10-28-16/h2,4,10,12-14H,1,3,5-9,11H2,(H,21,22). The number of hydrogen-bond acceptors (Lipinski definition) is 7. The van der Waals surface area contributed by atoms with Crippen molar-refractivity contribution in [2.75, 3.05) is 44.6 Å². The fraction of sp³-hybridized carbons (Fsp3) is 0.474. The largest absolute Gasteiger partial charge is 0.459 e. The first-order chi connectivity index (χ1) is 13.7. The van der Waals surface area contributed by atoms with Crippen molar-refractivity contribution in [3.05, 3.63) is 42.2 Å². The minimum absolute atomic E-state index is 0.154. The Hall–Kier alpha value is -2.94. The summed E-state index contributed by atoms with van der Waals surface area (Å²) in [6.07, 6.45) is 6.88. The Morgan fingerprint density at radius 2 is 1.89 bits per heavy atom. The fourth-order valence-electron chi connectivity index (χ4n) is 3.38. The average Bonchev–Trinajstić information content (AvgIpc) is 3.46. The Morgan fingerprint density at radius 1 is 1.11 bits per heavy atom. The number of amides is 2. The van der Waals surface area contributed by atoms with Crippen LogP contribution in [0, 0.1) is 0 Å². The Morgan fingerprint density at radius 3 is 2.50 bits per heavy atom. The molecule has 4 heterocycles. The third kappa shape index (κ3) is 4.14. The fourth-order valence-corrected chi connectivity index (χ4v) is 3.38. The van der Waals surface area contributed by atoms with E-state index in [0.717, 1.165) is 19.4 Å². The number of anilines is 1. The van der Waals surface area contributed by atoms with E-state index in [9.17, 15) is 9.59 Å². The molecule has 0 bridgehead atoms. The summed E-state index contributed by atoms with van der Waals surface area (Å²) < 4.78 is 10.7. The summed E-state index contributed by atoms with van der Waals surface area (Å²) in [7, 11) is 0. The molecule has 1 atom stereocenters. The Kier molecular flexibility index (Phi) is 5.52. The summed E-state index contributed by atoms with van der Waals surface area (Å²) in [5, 5.41) is 3.19. The lowest BCUT2D eigenvalue weighted by Crippen LogP contribution is -2.50. The van der Waals surface area contributed by atoms with Crippen LogP contribution in [0.3, 0.4) is 0 Å². The van der Waals surface area contributed by atoms with E-state index < -0.39 is 0 Å². The number of aromatic nitrogens is 2. The second-order valence-electron chi connectivity index (χ2n) is 6.86. The van der Waals surface area contributed by atoms with E-state index in [4.69, 9.17) is 9.15 Å². The molecule has 2 fully saturated rings. The summed E-state index contributed by atoms with van der Waals surface area (Å²) in [6, 6.07) is 3.33. The van der Waals surface area contributed by atoms with Crippen LogP contribution in [0.5, 0.6) is 0 Å². The van der Waals surface area contributed by atoms with E-state index in [-0.39, 0.29) is 17.9 Å². The molecule has 0 aliphatic carbocycles. The zero-order chi connectivity index (χ0) is 19.3. The number of furan rings is 1. The molecule has 9 heteroatoms. The van der Waals surface area contributed by atoms with Gasteiger partial charge < -0.3 is 24.3 Å². The molecule has 2 aromatic rings. The average molecular weight is 385 g/mol. The third-order valence-corrected chi connectivity index (χ3v) is 4.99. The van der Waals surface area contributed by atoms with Crippen molar-refractivity contribution >= 4 is 17.6 Å². The van der Waals surface area contributed by atoms with Crippen molar-refractivity contribution in [2.45, 2.75) is 18.9 Å². The maximum atomic E-state index is 12.6. The van der Waals surface area contributed by atoms with Gasteiger partial charge >= 0.3 is 0 Å². The predicted molar refractivity (Wildman–Crippen MR) is 100 cm³/mol. The number of ether oxygens (including phenoxy) is 1. The first-order valence-corrected chi connectivity index (χ1v) is 9.50. The minimum Gasteiger partial charge on any atom is -0.459 e. The molecule has 9 nitrogen and oxygen atoms in total. The van der Waals surface area contributed by atoms with Crippen molar-refractivity contribution in [3.8, 4) is 0 Å². The lowest BCUT2D eigenvalue weighted by atomic mass is 10.2. The number of carbonyl (C=O) groups is 2. The molecule has 0 radical (unpaired) electrons. The van der Waals surface area contributed by atoms with Crippen LogP contribution in [-0.4, -0.2) is 77.0 Å². The molecule has 2 saturated heterocycles. The number of carbonyl (C=O) groups excluding carboxylic acids is 2. The molecular weight excluding hydrogens is 362 g/mol. The first-order valence-electron chi connectivity index (χ1n) is 9.50. The van der Waals surface area contributed by atoms with Gasteiger partial charge in [-0.15, -0.1) is 0 Å². The van der Waals surface area contributed by atoms with Crippen molar-refractivity contribution < 1.29 is 18.7 Å². The van der Waals surface area contributed by atoms with Gasteiger partial charge in [-0.25, -0.2) is 9.97 Å². The van der Waals surface area contributed by atoms with Crippen LogP contribution in [-0.2, 0) is 4.74 Å². The summed E-state index contributed by atoms with van der Waals surface area (Å²) in [5.74, 6) is 0.611. The van der Waals surface area contributed by atoms with Gasteiger partial charge in [0.1, 0.15) is 11.5 Å². The molecule has 2 aromatic heterocycles. The van der Waals surface area contributed by atoms with Gasteiger partial charge in [0.2, 0.25) is 0 Å². The summed E-state index contributed by atoms with van der Waals surface area (Å²) in [5.41, 5.74) is 0.300. The maximum Gasteiger partial charge on any atom is 0.289 e. The predicted octanol–water partition coefficient (Wildman–Crippen LogP) is 1.26. The summed E-state index contributed by atoms with van der Waals surface area (Å²) in [4.78, 5) is 36.8. The topological polar surface area (TPSA) is 101 Å². The number of hydrogen-bond donors (Lipinski definition) is 1. The van der Waals surface area contributed by atoms with Gasteiger partial charge in [-0.1, -0.05) is 0 Å². The van der Waals surface area contributed by atoms with E-state index in [0.29, 0.717) is 50.0 Å². The molecule has 0 aromatic carbocycles. The Bertz CT molecular complexity index is 794. The number of nitrogens with zero attached hydrogens (tertiary/aromatic N) is 4. The van der Waals surface area contributed by atoms with Crippen molar-refractivity contribution in [1.29, 1.82) is 0 Å². The van der Waals surface area contributed by atoms with E-state index in [1.165, 1.54) is 12.5 Å². The summed E-state index contributed by atoms with van der Waals surface area (Å²) in [6.45, 7) is 3.32. The van der Waals surface area contributed by atoms with Crippen molar-refractivity contribution in [2.24, 2.45) is 0 Å². The Balaban J connectivity index is 1.28. The second-order valence-corrected chi connectivity index (χ2v) is 6.86. The molecule has 28 heavy (non-hydrogen) atoms. The van der Waals surface area contributed by atoms with Gasteiger partial charge in [-0.05, 0) is 25.0 Å². The highest BCUT2D eigenvalue weighted by Gasteiger charge is 2.27. The van der Waals surface area contributed by atoms with Crippen LogP contribution < -0.4 is 5.32 Å². The van der Waals surface area contributed by atoms with Crippen molar-refractivity contribution in [3.63, 3.8) is 0 Å². The lowest BCUT2D eigenvalue weighted by Gasteiger charge is -2.34. The molecule has 1 unspecified atom stereocenters. The van der Waals surface area contributed by atoms with E-state index >= 15 is 0 Å². The normalized spacial score (nSPS) is 19.6. The molecule has 1 N–H and O–H groups in total. The van der Waals surface area contributed by atoms with E-state index in [1.54, 1.807) is 28.1 Å². The number of rotatable bonds is 5. The monoisotopic (exact) mass is 385 g/mol. The third-order valence-electron chi connectivity index (χ3n) is 4.99. The number of nitrogens with one attached hydrogen (secondary N) is 1. The van der Waals surface area contributed by atoms with Crippen LogP contribution >= 0.6 is 0 Å². The zero-order valence-electron chi connectivity index (χ0n) is 15.5. The zero-order valence-corrected chi connectivity index (χ0v) is 15.5. The SMILES string of the molecule is O=C(c1cnc(NCC2CCCO2)cn1)N1CCN(C(=O)c2ccco2)CC1.